The van der Waals surface area contributed by atoms with Crippen LogP contribution in [0.4, 0.5) is 4.79 Å². The Morgan fingerprint density at radius 2 is 1.62 bits per heavy atom. The summed E-state index contributed by atoms with van der Waals surface area (Å²) >= 11 is 0. The molecule has 1 aromatic carbocycles. The van der Waals surface area contributed by atoms with E-state index in [4.69, 9.17) is 9.47 Å². The van der Waals surface area contributed by atoms with Crippen molar-refractivity contribution in [3.8, 4) is 5.75 Å². The Kier molecular flexibility index (Phi) is 7.07. The third-order valence-corrected chi connectivity index (χ3v) is 3.29. The van der Waals surface area contributed by atoms with Crippen LogP contribution in [0.15, 0.2) is 18.2 Å². The molecule has 1 N–H and O–H groups in total. The van der Waals surface area contributed by atoms with Crippen LogP contribution in [0.3, 0.4) is 0 Å². The van der Waals surface area contributed by atoms with Crippen LogP contribution in [-0.4, -0.2) is 39.8 Å². The molecule has 0 aliphatic heterocycles. The fourth-order valence-corrected chi connectivity index (χ4v) is 2.22. The molecule has 1 aromatic rings. The van der Waals surface area contributed by atoms with Gasteiger partial charge in [-0.05, 0) is 65.7 Å². The maximum absolute atomic E-state index is 12.5. The first-order valence-electron chi connectivity index (χ1n) is 8.75. The summed E-state index contributed by atoms with van der Waals surface area (Å²) in [7, 11) is 0. The SMILES string of the molecule is Cc1cc(CN(CCC(=O)OC(C)(C)C)C(=O)OC(C)(C)C)ccc1O. The highest BCUT2D eigenvalue weighted by atomic mass is 16.6. The van der Waals surface area contributed by atoms with Crippen molar-refractivity contribution in [2.75, 3.05) is 6.54 Å². The molecule has 0 bridgehead atoms. The topological polar surface area (TPSA) is 76.1 Å². The summed E-state index contributed by atoms with van der Waals surface area (Å²) in [4.78, 5) is 26.0. The summed E-state index contributed by atoms with van der Waals surface area (Å²) < 4.78 is 10.7. The molecule has 0 fully saturated rings. The molecule has 1 rings (SSSR count). The van der Waals surface area contributed by atoms with Crippen molar-refractivity contribution < 1.29 is 24.2 Å². The van der Waals surface area contributed by atoms with E-state index in [0.29, 0.717) is 0 Å². The fourth-order valence-electron chi connectivity index (χ4n) is 2.22. The van der Waals surface area contributed by atoms with Crippen molar-refractivity contribution in [2.24, 2.45) is 0 Å². The van der Waals surface area contributed by atoms with Gasteiger partial charge in [-0.1, -0.05) is 12.1 Å². The van der Waals surface area contributed by atoms with Gasteiger partial charge >= 0.3 is 12.1 Å². The third-order valence-electron chi connectivity index (χ3n) is 3.29. The minimum atomic E-state index is -0.633. The fraction of sp³-hybridized carbons (Fsp3) is 0.600. The van der Waals surface area contributed by atoms with E-state index >= 15 is 0 Å². The van der Waals surface area contributed by atoms with Crippen LogP contribution in [-0.2, 0) is 20.8 Å². The van der Waals surface area contributed by atoms with Gasteiger partial charge in [-0.3, -0.25) is 4.79 Å². The molecule has 0 aliphatic carbocycles. The number of carbonyl (C=O) groups excluding carboxylic acids is 2. The van der Waals surface area contributed by atoms with Crippen molar-refractivity contribution in [3.05, 3.63) is 29.3 Å². The molecule has 146 valence electrons. The normalized spacial score (nSPS) is 11.8. The van der Waals surface area contributed by atoms with Gasteiger partial charge in [0.2, 0.25) is 0 Å². The summed E-state index contributed by atoms with van der Waals surface area (Å²) in [6, 6.07) is 5.14. The number of aromatic hydroxyl groups is 1. The first kappa shape index (κ1) is 21.8. The highest BCUT2D eigenvalue weighted by molar-refractivity contribution is 5.72. The van der Waals surface area contributed by atoms with Crippen LogP contribution < -0.4 is 0 Å². The molecule has 0 unspecified atom stereocenters. The predicted molar refractivity (Wildman–Crippen MR) is 99.9 cm³/mol. The Balaban J connectivity index is 2.86. The molecule has 0 heterocycles. The average Bonchev–Trinajstić information content (AvgIpc) is 2.43. The monoisotopic (exact) mass is 365 g/mol. The average molecular weight is 365 g/mol. The predicted octanol–water partition coefficient (Wildman–Crippen LogP) is 4.17. The lowest BCUT2D eigenvalue weighted by Gasteiger charge is -2.28. The van der Waals surface area contributed by atoms with Crippen LogP contribution in [0.2, 0.25) is 0 Å². The van der Waals surface area contributed by atoms with Crippen LogP contribution in [0, 0.1) is 6.92 Å². The van der Waals surface area contributed by atoms with Gasteiger partial charge in [0.1, 0.15) is 17.0 Å². The smallest absolute Gasteiger partial charge is 0.410 e. The standard InChI is InChI=1S/C20H31NO5/c1-14-12-15(8-9-16(14)22)13-21(18(24)26-20(5,6)7)11-10-17(23)25-19(2,3)4/h8-9,12,22H,10-11,13H2,1-7H3. The molecule has 0 atom stereocenters. The van der Waals surface area contributed by atoms with Crippen molar-refractivity contribution >= 4 is 12.1 Å². The Labute approximate surface area is 156 Å². The van der Waals surface area contributed by atoms with E-state index < -0.39 is 17.3 Å². The zero-order chi connectivity index (χ0) is 20.1. The summed E-state index contributed by atoms with van der Waals surface area (Å²) in [5.41, 5.74) is 0.364. The molecule has 0 aromatic heterocycles. The number of aryl methyl sites for hydroxylation is 1. The Bertz CT molecular complexity index is 641. The largest absolute Gasteiger partial charge is 0.508 e. The van der Waals surface area contributed by atoms with Gasteiger partial charge in [0, 0.05) is 13.1 Å². The molecule has 0 saturated heterocycles. The molecular formula is C20H31NO5. The Morgan fingerprint density at radius 1 is 1.04 bits per heavy atom. The Hall–Kier alpha value is -2.24. The number of hydrogen-bond acceptors (Lipinski definition) is 5. The number of amides is 1. The molecule has 0 spiro atoms. The van der Waals surface area contributed by atoms with Gasteiger partial charge in [0.25, 0.3) is 0 Å². The van der Waals surface area contributed by atoms with Gasteiger partial charge in [0.05, 0.1) is 6.42 Å². The second-order valence-corrected chi connectivity index (χ2v) is 8.36. The van der Waals surface area contributed by atoms with Crippen molar-refractivity contribution in [2.45, 2.75) is 72.6 Å². The second kappa shape index (κ2) is 8.43. The number of nitrogens with zero attached hydrogens (tertiary/aromatic N) is 1. The maximum Gasteiger partial charge on any atom is 0.410 e. The number of esters is 1. The van der Waals surface area contributed by atoms with E-state index in [1.54, 1.807) is 66.7 Å². The number of benzene rings is 1. The maximum atomic E-state index is 12.5. The molecule has 6 heteroatoms. The lowest BCUT2D eigenvalue weighted by atomic mass is 10.1. The number of phenolic OH excluding ortho intramolecular Hbond substituents is 1. The lowest BCUT2D eigenvalue weighted by molar-refractivity contribution is -0.155. The van der Waals surface area contributed by atoms with E-state index in [1.165, 1.54) is 4.90 Å². The number of carbonyl (C=O) groups is 2. The summed E-state index contributed by atoms with van der Waals surface area (Å²) in [5.74, 6) is -0.167. The number of hydrogen-bond donors (Lipinski definition) is 1. The molecule has 6 nitrogen and oxygen atoms in total. The van der Waals surface area contributed by atoms with E-state index in [9.17, 15) is 14.7 Å². The van der Waals surface area contributed by atoms with Gasteiger partial charge in [-0.2, -0.15) is 0 Å². The zero-order valence-electron chi connectivity index (χ0n) is 16.9. The van der Waals surface area contributed by atoms with Crippen molar-refractivity contribution in [1.82, 2.24) is 4.90 Å². The quantitative estimate of drug-likeness (QED) is 0.793. The van der Waals surface area contributed by atoms with Crippen LogP contribution in [0.1, 0.15) is 59.1 Å². The zero-order valence-corrected chi connectivity index (χ0v) is 16.9. The van der Waals surface area contributed by atoms with E-state index in [0.717, 1.165) is 11.1 Å². The summed E-state index contributed by atoms with van der Waals surface area (Å²) in [6.45, 7) is 13.0. The molecule has 26 heavy (non-hydrogen) atoms. The van der Waals surface area contributed by atoms with E-state index in [2.05, 4.69) is 0 Å². The van der Waals surface area contributed by atoms with E-state index in [-0.39, 0.29) is 31.2 Å². The van der Waals surface area contributed by atoms with Crippen LogP contribution >= 0.6 is 0 Å². The first-order chi connectivity index (χ1) is 11.8. The van der Waals surface area contributed by atoms with Gasteiger partial charge in [0.15, 0.2) is 0 Å². The second-order valence-electron chi connectivity index (χ2n) is 8.36. The van der Waals surface area contributed by atoms with Crippen LogP contribution in [0.5, 0.6) is 5.75 Å². The Morgan fingerprint density at radius 3 is 2.12 bits per heavy atom. The van der Waals surface area contributed by atoms with Gasteiger partial charge in [-0.25, -0.2) is 4.79 Å². The van der Waals surface area contributed by atoms with Gasteiger partial charge in [-0.15, -0.1) is 0 Å². The lowest BCUT2D eigenvalue weighted by Crippen LogP contribution is -2.38. The molecule has 1 amide bonds. The molecule has 0 saturated carbocycles. The minimum absolute atomic E-state index is 0.0770. The molecular weight excluding hydrogens is 334 g/mol. The first-order valence-corrected chi connectivity index (χ1v) is 8.75. The summed E-state index contributed by atoms with van der Waals surface area (Å²) in [5, 5.41) is 9.66. The number of rotatable bonds is 5. The van der Waals surface area contributed by atoms with Crippen molar-refractivity contribution in [3.63, 3.8) is 0 Å². The summed E-state index contributed by atoms with van der Waals surface area (Å²) in [6.07, 6.45) is -0.417. The number of phenols is 1. The molecule has 0 aliphatic rings. The minimum Gasteiger partial charge on any atom is -0.508 e. The van der Waals surface area contributed by atoms with Crippen molar-refractivity contribution in [1.29, 1.82) is 0 Å². The molecule has 0 radical (unpaired) electrons. The van der Waals surface area contributed by atoms with Gasteiger partial charge < -0.3 is 19.5 Å². The van der Waals surface area contributed by atoms with E-state index in [1.807, 2.05) is 0 Å². The third kappa shape index (κ3) is 8.23. The van der Waals surface area contributed by atoms with Crippen LogP contribution in [0.25, 0.3) is 0 Å². The highest BCUT2D eigenvalue weighted by Gasteiger charge is 2.24. The highest BCUT2D eigenvalue weighted by Crippen LogP contribution is 2.19. The number of ether oxygens (including phenoxy) is 2.